The minimum atomic E-state index is -2.16. The standard InChI is InChI=1S/C10H18F2O2S/c1-9(13)14-8-15-7-5-3-2-4-6-10(11)12/h10H,2-8H2,1H3. The van der Waals surface area contributed by atoms with E-state index in [2.05, 4.69) is 0 Å². The highest BCUT2D eigenvalue weighted by Crippen LogP contribution is 2.11. The Kier molecular flexibility index (Phi) is 9.99. The average molecular weight is 240 g/mol. The number of rotatable bonds is 9. The van der Waals surface area contributed by atoms with Crippen molar-refractivity contribution in [3.63, 3.8) is 0 Å². The first-order valence-corrected chi connectivity index (χ1v) is 6.27. The molecule has 90 valence electrons. The van der Waals surface area contributed by atoms with E-state index in [-0.39, 0.29) is 12.4 Å². The summed E-state index contributed by atoms with van der Waals surface area (Å²) in [7, 11) is 0. The molecule has 0 amide bonds. The minimum Gasteiger partial charge on any atom is -0.455 e. The van der Waals surface area contributed by atoms with Crippen LogP contribution in [-0.4, -0.2) is 24.1 Å². The number of hydrogen-bond donors (Lipinski definition) is 0. The van der Waals surface area contributed by atoms with Crippen LogP contribution < -0.4 is 0 Å². The molecule has 0 saturated carbocycles. The van der Waals surface area contributed by atoms with E-state index >= 15 is 0 Å². The van der Waals surface area contributed by atoms with Gasteiger partial charge in [0.15, 0.2) is 0 Å². The third-order valence-corrected chi connectivity index (χ3v) is 2.67. The topological polar surface area (TPSA) is 26.3 Å². The van der Waals surface area contributed by atoms with Crippen molar-refractivity contribution in [1.29, 1.82) is 0 Å². The lowest BCUT2D eigenvalue weighted by Gasteiger charge is -2.02. The van der Waals surface area contributed by atoms with Crippen LogP contribution in [0.2, 0.25) is 0 Å². The number of halogens is 2. The number of carbonyl (C=O) groups is 1. The van der Waals surface area contributed by atoms with E-state index in [0.717, 1.165) is 25.0 Å². The highest BCUT2D eigenvalue weighted by atomic mass is 32.2. The lowest BCUT2D eigenvalue weighted by molar-refractivity contribution is -0.138. The highest BCUT2D eigenvalue weighted by Gasteiger charge is 2.00. The van der Waals surface area contributed by atoms with E-state index in [4.69, 9.17) is 4.74 Å². The second kappa shape index (κ2) is 10.2. The molecule has 0 aliphatic heterocycles. The maximum absolute atomic E-state index is 11.7. The number of alkyl halides is 2. The lowest BCUT2D eigenvalue weighted by atomic mass is 10.2. The fourth-order valence-electron chi connectivity index (χ4n) is 1.04. The van der Waals surface area contributed by atoms with Gasteiger partial charge in [-0.1, -0.05) is 12.8 Å². The summed E-state index contributed by atoms with van der Waals surface area (Å²) in [6.45, 7) is 1.38. The largest absolute Gasteiger partial charge is 0.455 e. The summed E-state index contributed by atoms with van der Waals surface area (Å²) in [6.07, 6.45) is 1.28. The summed E-state index contributed by atoms with van der Waals surface area (Å²) >= 11 is 1.55. The van der Waals surface area contributed by atoms with E-state index in [9.17, 15) is 13.6 Å². The second-order valence-electron chi connectivity index (χ2n) is 3.26. The van der Waals surface area contributed by atoms with Crippen molar-refractivity contribution < 1.29 is 18.3 Å². The Morgan fingerprint density at radius 2 is 1.93 bits per heavy atom. The zero-order valence-electron chi connectivity index (χ0n) is 9.01. The summed E-state index contributed by atoms with van der Waals surface area (Å²) in [6, 6.07) is 0. The highest BCUT2D eigenvalue weighted by molar-refractivity contribution is 7.99. The van der Waals surface area contributed by atoms with Crippen molar-refractivity contribution in [2.24, 2.45) is 0 Å². The van der Waals surface area contributed by atoms with Crippen LogP contribution in [0.15, 0.2) is 0 Å². The molecule has 0 aromatic heterocycles. The van der Waals surface area contributed by atoms with Gasteiger partial charge in [-0.05, 0) is 18.6 Å². The van der Waals surface area contributed by atoms with E-state index < -0.39 is 6.43 Å². The first kappa shape index (κ1) is 14.7. The summed E-state index contributed by atoms with van der Waals surface area (Å²) in [5.74, 6) is 1.05. The van der Waals surface area contributed by atoms with Crippen LogP contribution in [0.3, 0.4) is 0 Å². The number of hydrogen-bond acceptors (Lipinski definition) is 3. The number of carbonyl (C=O) groups excluding carboxylic acids is 1. The summed E-state index contributed by atoms with van der Waals surface area (Å²) < 4.78 is 28.2. The fraction of sp³-hybridized carbons (Fsp3) is 0.900. The quantitative estimate of drug-likeness (QED) is 0.351. The predicted molar refractivity (Wildman–Crippen MR) is 58.2 cm³/mol. The Bertz CT molecular complexity index is 166. The molecule has 0 aromatic rings. The fourth-order valence-corrected chi connectivity index (χ4v) is 1.82. The molecule has 0 rings (SSSR count). The van der Waals surface area contributed by atoms with Crippen LogP contribution in [0.5, 0.6) is 0 Å². The maximum atomic E-state index is 11.7. The van der Waals surface area contributed by atoms with Crippen molar-refractivity contribution in [2.75, 3.05) is 11.7 Å². The number of esters is 1. The molecular weight excluding hydrogens is 222 g/mol. The number of thioether (sulfide) groups is 1. The molecule has 0 aliphatic carbocycles. The molecule has 0 heterocycles. The Morgan fingerprint density at radius 1 is 1.27 bits per heavy atom. The third-order valence-electron chi connectivity index (χ3n) is 1.81. The molecule has 0 saturated heterocycles. The number of unbranched alkanes of at least 4 members (excludes halogenated alkanes) is 3. The van der Waals surface area contributed by atoms with Gasteiger partial charge < -0.3 is 4.74 Å². The Morgan fingerprint density at radius 3 is 2.53 bits per heavy atom. The first-order valence-electron chi connectivity index (χ1n) is 5.12. The van der Waals surface area contributed by atoms with Crippen LogP contribution >= 0.6 is 11.8 Å². The second-order valence-corrected chi connectivity index (χ2v) is 4.31. The van der Waals surface area contributed by atoms with Gasteiger partial charge in [0.1, 0.15) is 5.94 Å². The molecule has 0 atom stereocenters. The number of ether oxygens (including phenoxy) is 1. The van der Waals surface area contributed by atoms with Crippen molar-refractivity contribution >= 4 is 17.7 Å². The van der Waals surface area contributed by atoms with Crippen molar-refractivity contribution in [1.82, 2.24) is 0 Å². The van der Waals surface area contributed by atoms with Gasteiger partial charge in [-0.25, -0.2) is 8.78 Å². The van der Waals surface area contributed by atoms with Gasteiger partial charge in [-0.3, -0.25) is 4.79 Å². The molecule has 15 heavy (non-hydrogen) atoms. The summed E-state index contributed by atoms with van der Waals surface area (Å²) in [5, 5.41) is 0. The van der Waals surface area contributed by atoms with Crippen LogP contribution in [-0.2, 0) is 9.53 Å². The summed E-state index contributed by atoms with van der Waals surface area (Å²) in [4.78, 5) is 10.4. The molecule has 0 N–H and O–H groups in total. The van der Waals surface area contributed by atoms with E-state index in [0.29, 0.717) is 12.4 Å². The summed E-state index contributed by atoms with van der Waals surface area (Å²) in [5.41, 5.74) is 0. The molecule has 0 fully saturated rings. The molecule has 0 radical (unpaired) electrons. The SMILES string of the molecule is CC(=O)OCSCCCCCCC(F)F. The zero-order chi connectivity index (χ0) is 11.5. The van der Waals surface area contributed by atoms with Crippen LogP contribution in [0, 0.1) is 0 Å². The van der Waals surface area contributed by atoms with Crippen LogP contribution in [0.25, 0.3) is 0 Å². The molecule has 0 spiro atoms. The molecule has 0 unspecified atom stereocenters. The van der Waals surface area contributed by atoms with E-state index in [1.54, 1.807) is 11.8 Å². The smallest absolute Gasteiger partial charge is 0.303 e. The van der Waals surface area contributed by atoms with Gasteiger partial charge in [0, 0.05) is 13.3 Å². The van der Waals surface area contributed by atoms with Gasteiger partial charge >= 0.3 is 5.97 Å². The third kappa shape index (κ3) is 13.7. The van der Waals surface area contributed by atoms with Crippen LogP contribution in [0.1, 0.15) is 39.0 Å². The molecule has 2 nitrogen and oxygen atoms in total. The van der Waals surface area contributed by atoms with Gasteiger partial charge in [0.05, 0.1) is 0 Å². The predicted octanol–water partition coefficient (Wildman–Crippen LogP) is 3.46. The maximum Gasteiger partial charge on any atom is 0.303 e. The molecule has 5 heteroatoms. The lowest BCUT2D eigenvalue weighted by Crippen LogP contribution is -1.97. The van der Waals surface area contributed by atoms with Gasteiger partial charge in [-0.2, -0.15) is 0 Å². The van der Waals surface area contributed by atoms with E-state index in [1.165, 1.54) is 6.92 Å². The van der Waals surface area contributed by atoms with E-state index in [1.807, 2.05) is 0 Å². The monoisotopic (exact) mass is 240 g/mol. The normalized spacial score (nSPS) is 10.7. The van der Waals surface area contributed by atoms with Gasteiger partial charge in [-0.15, -0.1) is 11.8 Å². The van der Waals surface area contributed by atoms with Crippen LogP contribution in [0.4, 0.5) is 8.78 Å². The Hall–Kier alpha value is -0.320. The average Bonchev–Trinajstić information content (AvgIpc) is 2.14. The first-order chi connectivity index (χ1) is 7.13. The van der Waals surface area contributed by atoms with Gasteiger partial charge in [0.25, 0.3) is 0 Å². The Balaban J connectivity index is 2.96. The molecule has 0 bridgehead atoms. The zero-order valence-corrected chi connectivity index (χ0v) is 9.82. The van der Waals surface area contributed by atoms with Crippen molar-refractivity contribution in [3.05, 3.63) is 0 Å². The Labute approximate surface area is 93.8 Å². The molecular formula is C10H18F2O2S. The van der Waals surface area contributed by atoms with Crippen molar-refractivity contribution in [2.45, 2.75) is 45.5 Å². The minimum absolute atomic E-state index is 0.0145. The van der Waals surface area contributed by atoms with Crippen molar-refractivity contribution in [3.8, 4) is 0 Å². The molecule has 0 aliphatic rings. The van der Waals surface area contributed by atoms with Gasteiger partial charge in [0.2, 0.25) is 6.43 Å². The molecule has 0 aromatic carbocycles.